The molecule has 0 aromatic heterocycles. The third-order valence-corrected chi connectivity index (χ3v) is 11.7. The molecule has 0 saturated carbocycles. The summed E-state index contributed by atoms with van der Waals surface area (Å²) in [4.78, 5) is 11.2. The average molecular weight is 391 g/mol. The number of carbonyl (C=O) groups is 1. The summed E-state index contributed by atoms with van der Waals surface area (Å²) in [7, 11) is 12.9. The van der Waals surface area contributed by atoms with Gasteiger partial charge in [0.2, 0.25) is 0 Å². The van der Waals surface area contributed by atoms with E-state index < -0.39 is 15.9 Å². The molecular formula is C12H16Cl2O2Te. The molecule has 0 N–H and O–H groups in total. The zero-order chi connectivity index (χ0) is 12.7. The van der Waals surface area contributed by atoms with E-state index in [-0.39, 0.29) is 5.97 Å². The average Bonchev–Trinajstić information content (AvgIpc) is 2.30. The standard InChI is InChI=1S/C12H16Cl2O2Te/c1-2-16-12(15)9-6-10-17(13,14)11-7-4-3-5-8-11/h3-5,7-8H,2,6,9-10H2,1H3. The van der Waals surface area contributed by atoms with Crippen molar-refractivity contribution >= 4 is 43.4 Å². The summed E-state index contributed by atoms with van der Waals surface area (Å²) in [5.74, 6) is -0.174. The Bertz CT molecular complexity index is 355. The SMILES string of the molecule is CCOC(=O)CCC[Te](Cl)(Cl)c1ccccc1. The van der Waals surface area contributed by atoms with Crippen molar-refractivity contribution < 1.29 is 9.53 Å². The zero-order valence-corrected chi connectivity index (χ0v) is 13.5. The summed E-state index contributed by atoms with van der Waals surface area (Å²) in [6.07, 6.45) is 1.09. The Hall–Kier alpha value is 0.0596. The van der Waals surface area contributed by atoms with Gasteiger partial charge in [-0.1, -0.05) is 0 Å². The van der Waals surface area contributed by atoms with E-state index in [2.05, 4.69) is 0 Å². The second-order valence-electron chi connectivity index (χ2n) is 3.50. The topological polar surface area (TPSA) is 26.3 Å². The third-order valence-electron chi connectivity index (χ3n) is 2.17. The van der Waals surface area contributed by atoms with E-state index in [4.69, 9.17) is 22.7 Å². The normalized spacial score (nSPS) is 12.2. The fourth-order valence-corrected chi connectivity index (χ4v) is 7.92. The van der Waals surface area contributed by atoms with Crippen LogP contribution in [0.1, 0.15) is 19.8 Å². The molecule has 5 heteroatoms. The predicted octanol–water partition coefficient (Wildman–Crippen LogP) is 3.16. The quantitative estimate of drug-likeness (QED) is 0.551. The Morgan fingerprint density at radius 2 is 1.94 bits per heavy atom. The van der Waals surface area contributed by atoms with Crippen LogP contribution in [0.25, 0.3) is 0 Å². The van der Waals surface area contributed by atoms with E-state index in [1.807, 2.05) is 30.3 Å². The molecule has 0 amide bonds. The molecule has 0 aliphatic rings. The molecule has 2 nitrogen and oxygen atoms in total. The number of rotatable bonds is 6. The van der Waals surface area contributed by atoms with Crippen LogP contribution in [0.3, 0.4) is 0 Å². The number of halogens is 2. The second-order valence-corrected chi connectivity index (χ2v) is 17.4. The van der Waals surface area contributed by atoms with Crippen molar-refractivity contribution in [1.82, 2.24) is 0 Å². The molecule has 0 heterocycles. The Kier molecular flexibility index (Phi) is 6.66. The summed E-state index contributed by atoms with van der Waals surface area (Å²) < 4.78 is 6.62. The molecule has 17 heavy (non-hydrogen) atoms. The molecule has 0 atom stereocenters. The number of esters is 1. The number of hydrogen-bond donors (Lipinski definition) is 0. The first-order valence-electron chi connectivity index (χ1n) is 5.47. The Labute approximate surface area is 114 Å². The summed E-state index contributed by atoms with van der Waals surface area (Å²) in [5, 5.41) is 0. The molecule has 0 aliphatic heterocycles. The summed E-state index contributed by atoms with van der Waals surface area (Å²) in [6, 6.07) is 9.74. The van der Waals surface area contributed by atoms with Crippen molar-refractivity contribution in [3.8, 4) is 0 Å². The number of ether oxygens (including phenoxy) is 1. The van der Waals surface area contributed by atoms with Crippen LogP contribution >= 0.6 is 17.9 Å². The molecule has 1 aromatic rings. The first-order chi connectivity index (χ1) is 8.06. The second kappa shape index (κ2) is 7.48. The van der Waals surface area contributed by atoms with Crippen molar-refractivity contribution in [2.75, 3.05) is 6.61 Å². The van der Waals surface area contributed by atoms with Gasteiger partial charge in [0.05, 0.1) is 0 Å². The summed E-state index contributed by atoms with van der Waals surface area (Å²) in [5.41, 5.74) is 0. The molecule has 0 bridgehead atoms. The maximum absolute atomic E-state index is 11.2. The fourth-order valence-electron chi connectivity index (χ4n) is 1.37. The van der Waals surface area contributed by atoms with Crippen LogP contribution in [0, 0.1) is 0 Å². The van der Waals surface area contributed by atoms with Gasteiger partial charge in [0.25, 0.3) is 0 Å². The van der Waals surface area contributed by atoms with Crippen LogP contribution in [0.4, 0.5) is 0 Å². The van der Waals surface area contributed by atoms with E-state index in [9.17, 15) is 4.79 Å². The van der Waals surface area contributed by atoms with E-state index >= 15 is 0 Å². The monoisotopic (exact) mass is 392 g/mol. The molecule has 96 valence electrons. The first kappa shape index (κ1) is 15.1. The third kappa shape index (κ3) is 5.48. The van der Waals surface area contributed by atoms with Gasteiger partial charge in [-0.05, 0) is 0 Å². The molecule has 0 aliphatic carbocycles. The van der Waals surface area contributed by atoms with E-state index in [1.54, 1.807) is 6.92 Å². The maximum atomic E-state index is 11.2. The van der Waals surface area contributed by atoms with Gasteiger partial charge in [-0.15, -0.1) is 0 Å². The Morgan fingerprint density at radius 3 is 2.53 bits per heavy atom. The molecule has 0 radical (unpaired) electrons. The van der Waals surface area contributed by atoms with E-state index in [0.29, 0.717) is 23.9 Å². The molecule has 0 unspecified atom stereocenters. The van der Waals surface area contributed by atoms with Gasteiger partial charge in [-0.25, -0.2) is 0 Å². The van der Waals surface area contributed by atoms with Crippen molar-refractivity contribution in [1.29, 1.82) is 0 Å². The van der Waals surface area contributed by atoms with Gasteiger partial charge in [0.15, 0.2) is 0 Å². The fraction of sp³-hybridized carbons (Fsp3) is 0.417. The van der Waals surface area contributed by atoms with E-state index in [0.717, 1.165) is 3.61 Å². The van der Waals surface area contributed by atoms with Crippen molar-refractivity contribution in [2.24, 2.45) is 0 Å². The van der Waals surface area contributed by atoms with Crippen LogP contribution in [-0.4, -0.2) is 28.5 Å². The number of hydrogen-bond acceptors (Lipinski definition) is 2. The van der Waals surface area contributed by atoms with Gasteiger partial charge in [-0.2, -0.15) is 0 Å². The van der Waals surface area contributed by atoms with Crippen LogP contribution in [-0.2, 0) is 9.53 Å². The van der Waals surface area contributed by atoms with Gasteiger partial charge in [-0.3, -0.25) is 0 Å². The Balaban J connectivity index is 2.43. The molecule has 0 saturated heterocycles. The van der Waals surface area contributed by atoms with Gasteiger partial charge in [0, 0.05) is 0 Å². The minimum absolute atomic E-state index is 0.174. The van der Waals surface area contributed by atoms with Crippen LogP contribution in [0.5, 0.6) is 0 Å². The van der Waals surface area contributed by atoms with E-state index in [1.165, 1.54) is 0 Å². The van der Waals surface area contributed by atoms with Crippen LogP contribution in [0.15, 0.2) is 30.3 Å². The van der Waals surface area contributed by atoms with Gasteiger partial charge >= 0.3 is 114 Å². The molecule has 1 rings (SSSR count). The van der Waals surface area contributed by atoms with Crippen LogP contribution in [0.2, 0.25) is 4.47 Å². The van der Waals surface area contributed by atoms with Crippen LogP contribution < -0.4 is 3.61 Å². The predicted molar refractivity (Wildman–Crippen MR) is 74.2 cm³/mol. The number of benzene rings is 1. The summed E-state index contributed by atoms with van der Waals surface area (Å²) >= 11 is -2.98. The number of carbonyl (C=O) groups excluding carboxylic acids is 1. The summed E-state index contributed by atoms with van der Waals surface area (Å²) in [6.45, 7) is 2.22. The first-order valence-corrected chi connectivity index (χ1v) is 14.2. The molecule has 0 spiro atoms. The van der Waals surface area contributed by atoms with Gasteiger partial charge < -0.3 is 0 Å². The van der Waals surface area contributed by atoms with Crippen molar-refractivity contribution in [3.63, 3.8) is 0 Å². The van der Waals surface area contributed by atoms with Crippen molar-refractivity contribution in [2.45, 2.75) is 24.2 Å². The molecule has 1 aromatic carbocycles. The molecular weight excluding hydrogens is 375 g/mol. The Morgan fingerprint density at radius 1 is 1.29 bits per heavy atom. The van der Waals surface area contributed by atoms with Crippen molar-refractivity contribution in [3.05, 3.63) is 30.3 Å². The van der Waals surface area contributed by atoms with Gasteiger partial charge in [0.1, 0.15) is 0 Å². The minimum atomic E-state index is -2.98. The molecule has 0 fully saturated rings. The zero-order valence-electron chi connectivity index (χ0n) is 9.70.